The maximum Gasteiger partial charge on any atom is 0.330 e. The van der Waals surface area contributed by atoms with Crippen molar-refractivity contribution in [3.05, 3.63) is 87.1 Å². The molecular formula is C24H24N8O3. The van der Waals surface area contributed by atoms with Crippen molar-refractivity contribution in [1.82, 2.24) is 39.3 Å². The van der Waals surface area contributed by atoms with Crippen molar-refractivity contribution in [2.75, 3.05) is 13.7 Å². The minimum Gasteiger partial charge on any atom is -0.383 e. The number of para-hydroxylation sites is 1. The minimum absolute atomic E-state index is 0.169. The van der Waals surface area contributed by atoms with Crippen molar-refractivity contribution in [1.29, 1.82) is 0 Å². The third-order valence-electron chi connectivity index (χ3n) is 5.91. The summed E-state index contributed by atoms with van der Waals surface area (Å²) in [5.74, 6) is 0.727. The number of H-pyrrole nitrogens is 1. The van der Waals surface area contributed by atoms with Crippen LogP contribution in [-0.2, 0) is 24.2 Å². The maximum atomic E-state index is 13.2. The van der Waals surface area contributed by atoms with Crippen LogP contribution < -0.4 is 11.2 Å². The number of nitrogens with one attached hydrogen (secondary N) is 1. The highest BCUT2D eigenvalue weighted by molar-refractivity contribution is 5.73. The number of fused-ring (bicyclic) bond motifs is 1. The number of aromatic amines is 1. The number of aromatic nitrogens is 8. The van der Waals surface area contributed by atoms with Gasteiger partial charge in [0.2, 0.25) is 0 Å². The van der Waals surface area contributed by atoms with Gasteiger partial charge in [-0.3, -0.25) is 14.3 Å². The van der Waals surface area contributed by atoms with Crippen LogP contribution in [-0.4, -0.2) is 53.0 Å². The monoisotopic (exact) mass is 472 g/mol. The summed E-state index contributed by atoms with van der Waals surface area (Å²) >= 11 is 0. The van der Waals surface area contributed by atoms with Gasteiger partial charge in [0, 0.05) is 25.6 Å². The standard InChI is InChI=1S/C24H24N8O3/c1-3-20-26-22-21(23(33)30(12-13-35-2)24(34)27-22)31(20)14-16-8-10-17(11-9-16)18-6-4-5-7-19(18)32-15-25-28-29-32/h4-11,15H,3,12-14H2,1-2H3,(H,27,34). The van der Waals surface area contributed by atoms with E-state index < -0.39 is 5.69 Å². The van der Waals surface area contributed by atoms with Crippen molar-refractivity contribution in [2.45, 2.75) is 26.4 Å². The molecule has 11 nitrogen and oxygen atoms in total. The van der Waals surface area contributed by atoms with Crippen molar-refractivity contribution in [3.63, 3.8) is 0 Å². The second-order valence-corrected chi connectivity index (χ2v) is 8.01. The lowest BCUT2D eigenvalue weighted by Gasteiger charge is -2.11. The molecule has 0 saturated heterocycles. The number of ether oxygens (including phenoxy) is 1. The molecule has 0 amide bonds. The fraction of sp³-hybridized carbons (Fsp3) is 0.250. The van der Waals surface area contributed by atoms with E-state index >= 15 is 0 Å². The number of nitrogens with zero attached hydrogens (tertiary/aromatic N) is 7. The second-order valence-electron chi connectivity index (χ2n) is 8.01. The Bertz CT molecular complexity index is 1580. The molecule has 1 N–H and O–H groups in total. The molecule has 0 unspecified atom stereocenters. The molecule has 0 aliphatic heterocycles. The molecular weight excluding hydrogens is 448 g/mol. The van der Waals surface area contributed by atoms with Crippen LogP contribution in [0.3, 0.4) is 0 Å². The summed E-state index contributed by atoms with van der Waals surface area (Å²) in [6.45, 7) is 2.85. The fourth-order valence-electron chi connectivity index (χ4n) is 4.18. The molecule has 0 spiro atoms. The smallest absolute Gasteiger partial charge is 0.330 e. The first kappa shape index (κ1) is 22.4. The van der Waals surface area contributed by atoms with Crippen LogP contribution in [0.25, 0.3) is 28.0 Å². The molecule has 35 heavy (non-hydrogen) atoms. The summed E-state index contributed by atoms with van der Waals surface area (Å²) < 4.78 is 9.71. The van der Waals surface area contributed by atoms with Crippen molar-refractivity contribution in [3.8, 4) is 16.8 Å². The van der Waals surface area contributed by atoms with Gasteiger partial charge >= 0.3 is 5.69 Å². The summed E-state index contributed by atoms with van der Waals surface area (Å²) in [7, 11) is 1.53. The number of methoxy groups -OCH3 is 1. The molecule has 0 saturated carbocycles. The first-order chi connectivity index (χ1) is 17.1. The van der Waals surface area contributed by atoms with Gasteiger partial charge in [-0.1, -0.05) is 49.4 Å². The lowest BCUT2D eigenvalue weighted by atomic mass is 10.0. The normalized spacial score (nSPS) is 11.4. The van der Waals surface area contributed by atoms with Gasteiger partial charge in [0.15, 0.2) is 11.2 Å². The molecule has 2 aromatic carbocycles. The summed E-state index contributed by atoms with van der Waals surface area (Å²) in [4.78, 5) is 32.9. The summed E-state index contributed by atoms with van der Waals surface area (Å²) in [6, 6.07) is 16.0. The Morgan fingerprint density at radius 1 is 1.03 bits per heavy atom. The van der Waals surface area contributed by atoms with Gasteiger partial charge in [0.05, 0.1) is 18.8 Å². The quantitative estimate of drug-likeness (QED) is 0.365. The number of rotatable bonds is 8. The zero-order chi connectivity index (χ0) is 24.4. The lowest BCUT2D eigenvalue weighted by molar-refractivity contribution is 0.185. The molecule has 0 fully saturated rings. The number of hydrogen-bond donors (Lipinski definition) is 1. The van der Waals surface area contributed by atoms with Crippen LogP contribution in [0.5, 0.6) is 0 Å². The number of aryl methyl sites for hydroxylation is 1. The molecule has 5 aromatic rings. The Morgan fingerprint density at radius 2 is 1.83 bits per heavy atom. The third kappa shape index (κ3) is 4.17. The van der Waals surface area contributed by atoms with Gasteiger partial charge in [-0.25, -0.2) is 9.78 Å². The van der Waals surface area contributed by atoms with E-state index in [1.54, 1.807) is 11.0 Å². The Morgan fingerprint density at radius 3 is 2.54 bits per heavy atom. The van der Waals surface area contributed by atoms with Crippen LogP contribution in [0.2, 0.25) is 0 Å². The Labute approximate surface area is 199 Å². The summed E-state index contributed by atoms with van der Waals surface area (Å²) in [5, 5.41) is 11.5. The zero-order valence-corrected chi connectivity index (χ0v) is 19.4. The first-order valence-corrected chi connectivity index (χ1v) is 11.2. The Kier molecular flexibility index (Phi) is 6.06. The number of imidazole rings is 1. The second kappa shape index (κ2) is 9.47. The molecule has 0 radical (unpaired) electrons. The van der Waals surface area contributed by atoms with E-state index in [0.717, 1.165) is 32.8 Å². The molecule has 3 aromatic heterocycles. The Hall–Kier alpha value is -4.38. The molecule has 0 aliphatic rings. The van der Waals surface area contributed by atoms with E-state index in [2.05, 4.69) is 25.5 Å². The van der Waals surface area contributed by atoms with Gasteiger partial charge in [-0.15, -0.1) is 5.10 Å². The number of benzene rings is 2. The van der Waals surface area contributed by atoms with E-state index in [9.17, 15) is 9.59 Å². The number of tetrazole rings is 1. The van der Waals surface area contributed by atoms with Crippen LogP contribution in [0.1, 0.15) is 18.3 Å². The first-order valence-electron chi connectivity index (χ1n) is 11.2. The highest BCUT2D eigenvalue weighted by Crippen LogP contribution is 2.26. The highest BCUT2D eigenvalue weighted by atomic mass is 16.5. The van der Waals surface area contributed by atoms with E-state index in [4.69, 9.17) is 4.74 Å². The maximum absolute atomic E-state index is 13.2. The minimum atomic E-state index is -0.488. The van der Waals surface area contributed by atoms with E-state index in [0.29, 0.717) is 24.1 Å². The van der Waals surface area contributed by atoms with Crippen LogP contribution in [0.15, 0.2) is 64.4 Å². The van der Waals surface area contributed by atoms with E-state index in [1.807, 2.05) is 60.0 Å². The Balaban J connectivity index is 1.52. The fourth-order valence-corrected chi connectivity index (χ4v) is 4.18. The molecule has 11 heteroatoms. The van der Waals surface area contributed by atoms with Gasteiger partial charge < -0.3 is 9.30 Å². The molecule has 3 heterocycles. The largest absolute Gasteiger partial charge is 0.383 e. The summed E-state index contributed by atoms with van der Waals surface area (Å²) in [6.07, 6.45) is 2.18. The van der Waals surface area contributed by atoms with Crippen LogP contribution in [0.4, 0.5) is 0 Å². The lowest BCUT2D eigenvalue weighted by Crippen LogP contribution is -2.37. The molecule has 0 aliphatic carbocycles. The molecule has 0 atom stereocenters. The van der Waals surface area contributed by atoms with Gasteiger partial charge in [0.25, 0.3) is 5.56 Å². The van der Waals surface area contributed by atoms with Gasteiger partial charge in [-0.2, -0.15) is 4.68 Å². The molecule has 0 bridgehead atoms. The zero-order valence-electron chi connectivity index (χ0n) is 19.4. The van der Waals surface area contributed by atoms with E-state index in [-0.39, 0.29) is 18.7 Å². The predicted octanol–water partition coefficient (Wildman–Crippen LogP) is 1.79. The number of hydrogen-bond acceptors (Lipinski definition) is 7. The van der Waals surface area contributed by atoms with Crippen molar-refractivity contribution in [2.24, 2.45) is 0 Å². The van der Waals surface area contributed by atoms with Gasteiger partial charge in [-0.05, 0) is 27.6 Å². The predicted molar refractivity (Wildman–Crippen MR) is 130 cm³/mol. The van der Waals surface area contributed by atoms with E-state index in [1.165, 1.54) is 7.11 Å². The van der Waals surface area contributed by atoms with Crippen LogP contribution >= 0.6 is 0 Å². The average Bonchev–Trinajstić information content (AvgIpc) is 3.53. The molecule has 5 rings (SSSR count). The van der Waals surface area contributed by atoms with Gasteiger partial charge in [0.1, 0.15) is 12.2 Å². The summed E-state index contributed by atoms with van der Waals surface area (Å²) in [5.41, 5.74) is 3.70. The van der Waals surface area contributed by atoms with Crippen LogP contribution in [0, 0.1) is 0 Å². The highest BCUT2D eigenvalue weighted by Gasteiger charge is 2.17. The average molecular weight is 473 g/mol. The third-order valence-corrected chi connectivity index (χ3v) is 5.91. The van der Waals surface area contributed by atoms with Crippen molar-refractivity contribution >= 4 is 11.2 Å². The van der Waals surface area contributed by atoms with Crippen molar-refractivity contribution < 1.29 is 4.74 Å². The topological polar surface area (TPSA) is 126 Å². The SMILES string of the molecule is CCc1nc2[nH]c(=O)n(CCOC)c(=O)c2n1Cc1ccc(-c2ccccc2-n2cnnn2)cc1. The molecule has 178 valence electrons.